The van der Waals surface area contributed by atoms with Gasteiger partial charge in [-0.25, -0.2) is 15.0 Å². The van der Waals surface area contributed by atoms with Gasteiger partial charge in [-0.3, -0.25) is 9.78 Å². The molecule has 35 heavy (non-hydrogen) atoms. The average molecular weight is 485 g/mol. The lowest BCUT2D eigenvalue weighted by Gasteiger charge is -2.27. The summed E-state index contributed by atoms with van der Waals surface area (Å²) in [5, 5.41) is 0. The van der Waals surface area contributed by atoms with Crippen LogP contribution in [0.4, 0.5) is 19.1 Å². The zero-order valence-corrected chi connectivity index (χ0v) is 19.0. The molecule has 0 spiro atoms. The number of alkyl halides is 3. The highest BCUT2D eigenvalue weighted by atomic mass is 19.4. The molecular formula is C23H22F3N7O2. The van der Waals surface area contributed by atoms with Crippen LogP contribution in [0, 0.1) is 13.8 Å². The number of hydrogen-bond donors (Lipinski definition) is 1. The van der Waals surface area contributed by atoms with E-state index in [0.717, 1.165) is 18.0 Å². The van der Waals surface area contributed by atoms with Gasteiger partial charge in [-0.1, -0.05) is 6.07 Å². The minimum atomic E-state index is -4.50. The summed E-state index contributed by atoms with van der Waals surface area (Å²) in [5.41, 5.74) is 2.09. The highest BCUT2D eigenvalue weighted by molar-refractivity contribution is 5.87. The molecule has 0 atom stereocenters. The molecule has 0 bridgehead atoms. The summed E-state index contributed by atoms with van der Waals surface area (Å²) in [5.74, 6) is 0.447. The number of halogens is 3. The van der Waals surface area contributed by atoms with E-state index in [2.05, 4.69) is 29.9 Å². The Kier molecular flexibility index (Phi) is 7.01. The molecule has 5 heterocycles. The van der Waals surface area contributed by atoms with E-state index in [1.165, 1.54) is 12.1 Å². The maximum absolute atomic E-state index is 12.9. The Balaban J connectivity index is 0.000000356. The van der Waals surface area contributed by atoms with Crippen LogP contribution in [0.3, 0.4) is 0 Å². The first kappa shape index (κ1) is 24.2. The second-order valence-electron chi connectivity index (χ2n) is 7.69. The molecule has 0 radical (unpaired) electrons. The number of fused-ring (bicyclic) bond motifs is 1. The Morgan fingerprint density at radius 1 is 0.971 bits per heavy atom. The second kappa shape index (κ2) is 10.1. The van der Waals surface area contributed by atoms with Crippen LogP contribution < -0.4 is 10.5 Å². The third-order valence-electron chi connectivity index (χ3n) is 5.23. The van der Waals surface area contributed by atoms with Crippen LogP contribution >= 0.6 is 0 Å². The molecule has 1 N–H and O–H groups in total. The minimum Gasteiger partial charge on any atom is -0.378 e. The monoisotopic (exact) mass is 485 g/mol. The molecule has 0 aliphatic carbocycles. The number of morpholine rings is 1. The summed E-state index contributed by atoms with van der Waals surface area (Å²) in [6, 6.07) is 7.21. The molecule has 12 heteroatoms. The van der Waals surface area contributed by atoms with Gasteiger partial charge in [0.1, 0.15) is 16.9 Å². The van der Waals surface area contributed by atoms with Crippen molar-refractivity contribution in [2.24, 2.45) is 0 Å². The highest BCUT2D eigenvalue weighted by Gasteiger charge is 2.32. The van der Waals surface area contributed by atoms with Crippen molar-refractivity contribution in [2.75, 3.05) is 31.2 Å². The van der Waals surface area contributed by atoms with Crippen molar-refractivity contribution in [3.63, 3.8) is 0 Å². The van der Waals surface area contributed by atoms with Crippen molar-refractivity contribution in [3.05, 3.63) is 70.2 Å². The van der Waals surface area contributed by atoms with Gasteiger partial charge in [0.25, 0.3) is 0 Å². The molecule has 182 valence electrons. The summed E-state index contributed by atoms with van der Waals surface area (Å²) in [7, 11) is 0. The molecule has 0 aromatic carbocycles. The van der Waals surface area contributed by atoms with E-state index in [9.17, 15) is 18.0 Å². The van der Waals surface area contributed by atoms with Gasteiger partial charge >= 0.3 is 6.18 Å². The number of rotatable bonds is 2. The molecule has 1 fully saturated rings. The van der Waals surface area contributed by atoms with Gasteiger partial charge in [0.15, 0.2) is 5.65 Å². The number of aromatic nitrogens is 6. The lowest BCUT2D eigenvalue weighted by molar-refractivity contribution is -0.141. The van der Waals surface area contributed by atoms with Gasteiger partial charge in [-0.15, -0.1) is 0 Å². The van der Waals surface area contributed by atoms with Gasteiger partial charge in [-0.2, -0.15) is 18.2 Å². The lowest BCUT2D eigenvalue weighted by atomic mass is 10.1. The number of anilines is 1. The predicted molar refractivity (Wildman–Crippen MR) is 123 cm³/mol. The maximum Gasteiger partial charge on any atom is 0.433 e. The largest absolute Gasteiger partial charge is 0.433 e. The van der Waals surface area contributed by atoms with Crippen LogP contribution in [0.1, 0.15) is 17.1 Å². The number of nitrogens with zero attached hydrogens (tertiary/aromatic N) is 6. The number of nitrogens with one attached hydrogen (secondary N) is 1. The number of aromatic amines is 1. The first-order valence-electron chi connectivity index (χ1n) is 10.8. The van der Waals surface area contributed by atoms with E-state index >= 15 is 0 Å². The van der Waals surface area contributed by atoms with Crippen molar-refractivity contribution in [3.8, 4) is 11.3 Å². The number of pyridine rings is 2. The molecule has 1 aliphatic rings. The fourth-order valence-corrected chi connectivity index (χ4v) is 3.29. The average Bonchev–Trinajstić information content (AvgIpc) is 2.85. The lowest BCUT2D eigenvalue weighted by Crippen LogP contribution is -2.37. The van der Waals surface area contributed by atoms with Crippen LogP contribution in [0.5, 0.6) is 0 Å². The molecular weight excluding hydrogens is 463 g/mol. The predicted octanol–water partition coefficient (Wildman–Crippen LogP) is 3.33. The third-order valence-corrected chi connectivity index (χ3v) is 5.23. The Morgan fingerprint density at radius 2 is 1.71 bits per heavy atom. The van der Waals surface area contributed by atoms with Crippen molar-refractivity contribution in [1.82, 2.24) is 29.9 Å². The first-order valence-corrected chi connectivity index (χ1v) is 10.8. The fraction of sp³-hybridized carbons (Fsp3) is 0.304. The molecule has 0 amide bonds. The van der Waals surface area contributed by atoms with Gasteiger partial charge in [0.05, 0.1) is 24.6 Å². The molecule has 4 aromatic rings. The summed E-state index contributed by atoms with van der Waals surface area (Å²) in [6.07, 6.45) is -1.74. The Bertz CT molecular complexity index is 1350. The van der Waals surface area contributed by atoms with E-state index in [0.29, 0.717) is 60.4 Å². The Morgan fingerprint density at radius 3 is 2.29 bits per heavy atom. The normalized spacial score (nSPS) is 13.9. The van der Waals surface area contributed by atoms with Crippen molar-refractivity contribution in [2.45, 2.75) is 20.0 Å². The smallest absolute Gasteiger partial charge is 0.378 e. The van der Waals surface area contributed by atoms with Crippen molar-refractivity contribution in [1.29, 1.82) is 0 Å². The summed E-state index contributed by atoms with van der Waals surface area (Å²) < 4.78 is 43.9. The van der Waals surface area contributed by atoms with Crippen LogP contribution in [0.15, 0.2) is 47.5 Å². The Labute approximate surface area is 198 Å². The second-order valence-corrected chi connectivity index (χ2v) is 7.69. The van der Waals surface area contributed by atoms with Crippen LogP contribution in [-0.4, -0.2) is 56.2 Å². The molecule has 1 saturated heterocycles. The zero-order valence-electron chi connectivity index (χ0n) is 19.0. The van der Waals surface area contributed by atoms with E-state index < -0.39 is 11.9 Å². The summed E-state index contributed by atoms with van der Waals surface area (Å²) in [6.45, 7) is 5.99. The van der Waals surface area contributed by atoms with Crippen LogP contribution in [0.25, 0.3) is 22.4 Å². The van der Waals surface area contributed by atoms with Gasteiger partial charge in [0.2, 0.25) is 11.5 Å². The molecule has 0 saturated carbocycles. The van der Waals surface area contributed by atoms with Gasteiger partial charge < -0.3 is 14.6 Å². The number of H-pyrrole nitrogens is 1. The standard InChI is InChI=1S/C18H17F3N6O.C5H5NO/c1-10-11(2)24-16-15(23-10)14(12-3-4-13(22-9-12)18(19,20)21)25-17(26-16)27-5-7-28-8-6-27;7-5-3-1-2-4-6-5/h3-4,9H,5-8H2,1-2H3;1-4H,(H,6,7). The zero-order chi connectivity index (χ0) is 25.0. The van der Waals surface area contributed by atoms with Gasteiger partial charge in [0, 0.05) is 37.1 Å². The fourth-order valence-electron chi connectivity index (χ4n) is 3.29. The van der Waals surface area contributed by atoms with E-state index in [-0.39, 0.29) is 5.56 Å². The number of ether oxygens (including phenoxy) is 1. The SMILES string of the molecule is Cc1nc2nc(N3CCOCC3)nc(-c3ccc(C(F)(F)F)nc3)c2nc1C.O=c1cccc[nH]1. The number of aryl methyl sites for hydroxylation is 2. The topological polar surface area (TPSA) is 110 Å². The highest BCUT2D eigenvalue weighted by Crippen LogP contribution is 2.31. The van der Waals surface area contributed by atoms with Crippen LogP contribution in [0.2, 0.25) is 0 Å². The van der Waals surface area contributed by atoms with Crippen LogP contribution in [-0.2, 0) is 10.9 Å². The first-order chi connectivity index (χ1) is 16.7. The van der Waals surface area contributed by atoms with E-state index in [4.69, 9.17) is 4.74 Å². The Hall–Kier alpha value is -3.93. The summed E-state index contributed by atoms with van der Waals surface area (Å²) in [4.78, 5) is 36.3. The van der Waals surface area contributed by atoms with E-state index in [1.54, 1.807) is 18.3 Å². The molecule has 5 rings (SSSR count). The molecule has 4 aromatic heterocycles. The molecule has 1 aliphatic heterocycles. The number of hydrogen-bond acceptors (Lipinski definition) is 8. The summed E-state index contributed by atoms with van der Waals surface area (Å²) >= 11 is 0. The molecule has 0 unspecified atom stereocenters. The van der Waals surface area contributed by atoms with E-state index in [1.807, 2.05) is 18.7 Å². The van der Waals surface area contributed by atoms with Crippen molar-refractivity contribution < 1.29 is 17.9 Å². The quantitative estimate of drug-likeness (QED) is 0.461. The molecule has 9 nitrogen and oxygen atoms in total. The van der Waals surface area contributed by atoms with Crippen molar-refractivity contribution >= 4 is 17.1 Å². The minimum absolute atomic E-state index is 0.0532. The maximum atomic E-state index is 12.9. The van der Waals surface area contributed by atoms with Gasteiger partial charge in [-0.05, 0) is 32.0 Å². The third kappa shape index (κ3) is 5.77.